The van der Waals surface area contributed by atoms with Crippen molar-refractivity contribution in [3.05, 3.63) is 17.5 Å². The molecule has 0 aromatic carbocycles. The van der Waals surface area contributed by atoms with Crippen LogP contribution in [0.15, 0.2) is 6.07 Å². The van der Waals surface area contributed by atoms with Crippen molar-refractivity contribution in [1.82, 2.24) is 9.78 Å². The minimum absolute atomic E-state index is 0.598. The number of nitrogens with zero attached hydrogens (tertiary/aromatic N) is 2. The highest BCUT2D eigenvalue weighted by atomic mass is 32.2. The van der Waals surface area contributed by atoms with Crippen LogP contribution < -0.4 is 5.73 Å². The summed E-state index contributed by atoms with van der Waals surface area (Å²) in [6.07, 6.45) is 1.75. The van der Waals surface area contributed by atoms with Gasteiger partial charge in [-0.25, -0.2) is 0 Å². The van der Waals surface area contributed by atoms with Gasteiger partial charge in [-0.2, -0.15) is 5.10 Å². The predicted molar refractivity (Wildman–Crippen MR) is 67.7 cm³/mol. The molecule has 92 valence electrons. The zero-order valence-electron chi connectivity index (χ0n) is 10.1. The lowest BCUT2D eigenvalue weighted by atomic mass is 10.3. The summed E-state index contributed by atoms with van der Waals surface area (Å²) in [6, 6.07) is 2.06. The molecule has 1 rings (SSSR count). The number of nitrogens with two attached hydrogens (primary N) is 1. The molecule has 1 heterocycles. The van der Waals surface area contributed by atoms with E-state index in [-0.39, 0.29) is 0 Å². The Balaban J connectivity index is 2.64. The van der Waals surface area contributed by atoms with Gasteiger partial charge in [-0.1, -0.05) is 6.92 Å². The van der Waals surface area contributed by atoms with Gasteiger partial charge in [0.2, 0.25) is 0 Å². The molecule has 0 spiro atoms. The van der Waals surface area contributed by atoms with E-state index < -0.39 is 10.8 Å². The smallest absolute Gasteiger partial charge is 0.0655 e. The molecule has 0 saturated carbocycles. The number of hydrogen-bond donors (Lipinski definition) is 1. The SMILES string of the molecule is CCc1cc(CS(=O)CCCN)n(CC)n1. The molecule has 5 heteroatoms. The van der Waals surface area contributed by atoms with Crippen molar-refractivity contribution in [1.29, 1.82) is 0 Å². The average Bonchev–Trinajstić information content (AvgIpc) is 2.68. The largest absolute Gasteiger partial charge is 0.330 e. The summed E-state index contributed by atoms with van der Waals surface area (Å²) in [5, 5.41) is 4.44. The highest BCUT2D eigenvalue weighted by molar-refractivity contribution is 7.84. The van der Waals surface area contributed by atoms with Crippen molar-refractivity contribution >= 4 is 10.8 Å². The standard InChI is InChI=1S/C11H21N3OS/c1-3-10-8-11(14(4-2)13-10)9-16(15)7-5-6-12/h8H,3-7,9,12H2,1-2H3. The molecule has 0 radical (unpaired) electrons. The zero-order chi connectivity index (χ0) is 12.0. The third-order valence-electron chi connectivity index (χ3n) is 2.46. The van der Waals surface area contributed by atoms with Crippen LogP contribution in [-0.4, -0.2) is 26.3 Å². The van der Waals surface area contributed by atoms with Crippen LogP contribution in [0.4, 0.5) is 0 Å². The maximum atomic E-state index is 11.8. The van der Waals surface area contributed by atoms with E-state index >= 15 is 0 Å². The second kappa shape index (κ2) is 6.81. The van der Waals surface area contributed by atoms with Crippen LogP contribution in [0.5, 0.6) is 0 Å². The molecular weight excluding hydrogens is 222 g/mol. The second-order valence-electron chi connectivity index (χ2n) is 3.73. The quantitative estimate of drug-likeness (QED) is 0.779. The van der Waals surface area contributed by atoms with Gasteiger partial charge in [0.1, 0.15) is 0 Å². The molecule has 0 aliphatic heterocycles. The number of hydrogen-bond acceptors (Lipinski definition) is 3. The molecule has 1 unspecified atom stereocenters. The lowest BCUT2D eigenvalue weighted by Crippen LogP contribution is -2.10. The third kappa shape index (κ3) is 3.72. The Kier molecular flexibility index (Phi) is 5.69. The van der Waals surface area contributed by atoms with Gasteiger partial charge in [0.15, 0.2) is 0 Å². The Hall–Kier alpha value is -0.680. The summed E-state index contributed by atoms with van der Waals surface area (Å²) in [5.41, 5.74) is 7.55. The minimum Gasteiger partial charge on any atom is -0.330 e. The number of aryl methyl sites for hydroxylation is 2. The van der Waals surface area contributed by atoms with Crippen molar-refractivity contribution in [2.45, 2.75) is 39.0 Å². The minimum atomic E-state index is -0.812. The van der Waals surface area contributed by atoms with Crippen LogP contribution in [-0.2, 0) is 29.5 Å². The summed E-state index contributed by atoms with van der Waals surface area (Å²) in [7, 11) is -0.812. The fourth-order valence-electron chi connectivity index (χ4n) is 1.56. The molecule has 1 atom stereocenters. The molecule has 1 aromatic heterocycles. The summed E-state index contributed by atoms with van der Waals surface area (Å²) in [6.45, 7) is 5.58. The highest BCUT2D eigenvalue weighted by Gasteiger charge is 2.09. The van der Waals surface area contributed by atoms with E-state index in [1.54, 1.807) is 0 Å². The topological polar surface area (TPSA) is 60.9 Å². The Labute approximate surface area is 99.7 Å². The van der Waals surface area contributed by atoms with E-state index in [2.05, 4.69) is 25.0 Å². The van der Waals surface area contributed by atoms with E-state index in [4.69, 9.17) is 5.73 Å². The molecular formula is C11H21N3OS. The molecule has 0 fully saturated rings. The lowest BCUT2D eigenvalue weighted by Gasteiger charge is -2.04. The zero-order valence-corrected chi connectivity index (χ0v) is 10.9. The van der Waals surface area contributed by atoms with Crippen LogP contribution in [0.25, 0.3) is 0 Å². The fourth-order valence-corrected chi connectivity index (χ4v) is 2.75. The van der Waals surface area contributed by atoms with E-state index in [1.165, 1.54) is 0 Å². The Bertz CT molecular complexity index is 349. The highest BCUT2D eigenvalue weighted by Crippen LogP contribution is 2.08. The molecule has 0 amide bonds. The first-order valence-electron chi connectivity index (χ1n) is 5.81. The first-order valence-corrected chi connectivity index (χ1v) is 7.30. The molecule has 0 aliphatic carbocycles. The van der Waals surface area contributed by atoms with Crippen LogP contribution in [0.3, 0.4) is 0 Å². The maximum Gasteiger partial charge on any atom is 0.0655 e. The summed E-state index contributed by atoms with van der Waals surface area (Å²) >= 11 is 0. The second-order valence-corrected chi connectivity index (χ2v) is 5.30. The first kappa shape index (κ1) is 13.4. The third-order valence-corrected chi connectivity index (χ3v) is 3.82. The van der Waals surface area contributed by atoms with Crippen molar-refractivity contribution in [2.24, 2.45) is 5.73 Å². The van der Waals surface area contributed by atoms with E-state index in [0.29, 0.717) is 18.1 Å². The molecule has 1 aromatic rings. The molecule has 0 saturated heterocycles. The van der Waals surface area contributed by atoms with E-state index in [0.717, 1.165) is 30.8 Å². The van der Waals surface area contributed by atoms with Gasteiger partial charge in [-0.15, -0.1) is 0 Å². The van der Waals surface area contributed by atoms with Crippen LogP contribution in [0.2, 0.25) is 0 Å². The maximum absolute atomic E-state index is 11.8. The molecule has 2 N–H and O–H groups in total. The monoisotopic (exact) mass is 243 g/mol. The Morgan fingerprint density at radius 2 is 2.25 bits per heavy atom. The van der Waals surface area contributed by atoms with Gasteiger partial charge in [-0.05, 0) is 32.4 Å². The van der Waals surface area contributed by atoms with Crippen LogP contribution in [0, 0.1) is 0 Å². The Morgan fingerprint density at radius 1 is 1.50 bits per heavy atom. The molecule has 0 aliphatic rings. The predicted octanol–water partition coefficient (Wildman–Crippen LogP) is 1.06. The summed E-state index contributed by atoms with van der Waals surface area (Å²) in [5.74, 6) is 1.29. The van der Waals surface area contributed by atoms with Gasteiger partial charge in [0, 0.05) is 23.1 Å². The normalized spacial score (nSPS) is 12.9. The van der Waals surface area contributed by atoms with Crippen LogP contribution >= 0.6 is 0 Å². The average molecular weight is 243 g/mol. The molecule has 16 heavy (non-hydrogen) atoms. The lowest BCUT2D eigenvalue weighted by molar-refractivity contribution is 0.623. The summed E-state index contributed by atoms with van der Waals surface area (Å²) < 4.78 is 13.7. The molecule has 4 nitrogen and oxygen atoms in total. The van der Waals surface area contributed by atoms with E-state index in [9.17, 15) is 4.21 Å². The van der Waals surface area contributed by atoms with Crippen molar-refractivity contribution < 1.29 is 4.21 Å². The van der Waals surface area contributed by atoms with Gasteiger partial charge in [-0.3, -0.25) is 8.89 Å². The van der Waals surface area contributed by atoms with Crippen LogP contribution in [0.1, 0.15) is 31.7 Å². The van der Waals surface area contributed by atoms with Crippen molar-refractivity contribution in [3.8, 4) is 0 Å². The van der Waals surface area contributed by atoms with E-state index in [1.807, 2.05) is 4.68 Å². The van der Waals surface area contributed by atoms with Gasteiger partial charge < -0.3 is 5.73 Å². The first-order chi connectivity index (χ1) is 7.71. The van der Waals surface area contributed by atoms with Gasteiger partial charge in [0.25, 0.3) is 0 Å². The van der Waals surface area contributed by atoms with Gasteiger partial charge >= 0.3 is 0 Å². The molecule has 0 bridgehead atoms. The van der Waals surface area contributed by atoms with Crippen molar-refractivity contribution in [3.63, 3.8) is 0 Å². The number of rotatable bonds is 7. The summed E-state index contributed by atoms with van der Waals surface area (Å²) in [4.78, 5) is 0. The van der Waals surface area contributed by atoms with Crippen molar-refractivity contribution in [2.75, 3.05) is 12.3 Å². The Morgan fingerprint density at radius 3 is 2.81 bits per heavy atom. The fraction of sp³-hybridized carbons (Fsp3) is 0.727. The van der Waals surface area contributed by atoms with Gasteiger partial charge in [0.05, 0.1) is 17.1 Å². The number of aromatic nitrogens is 2.